The molecule has 0 heterocycles. The molecule has 0 aromatic heterocycles. The normalized spacial score (nSPS) is 9.67. The largest absolute Gasteiger partial charge is 0.481 e. The number of aryl methyl sites for hydroxylation is 1. The molecule has 0 saturated carbocycles. The van der Waals surface area contributed by atoms with E-state index in [0.717, 1.165) is 5.56 Å². The lowest BCUT2D eigenvalue weighted by Crippen LogP contribution is -2.06. The van der Waals surface area contributed by atoms with Crippen LogP contribution in [0.5, 0.6) is 0 Å². The molecule has 78 valence electrons. The lowest BCUT2D eigenvalue weighted by Gasteiger charge is -2.09. The van der Waals surface area contributed by atoms with Crippen molar-refractivity contribution in [2.45, 2.75) is 20.0 Å². The van der Waals surface area contributed by atoms with Gasteiger partial charge in [0.05, 0.1) is 24.7 Å². The molecule has 0 aliphatic carbocycles. The van der Waals surface area contributed by atoms with Crippen molar-refractivity contribution in [1.82, 2.24) is 0 Å². The second-order valence-electron chi connectivity index (χ2n) is 3.27. The van der Waals surface area contributed by atoms with Crippen LogP contribution in [0.2, 0.25) is 0 Å². The zero-order valence-corrected chi connectivity index (χ0v) is 8.32. The third-order valence-corrected chi connectivity index (χ3v) is 2.19. The lowest BCUT2D eigenvalue weighted by molar-refractivity contribution is -0.136. The van der Waals surface area contributed by atoms with Gasteiger partial charge in [0.15, 0.2) is 0 Å². The third kappa shape index (κ3) is 2.55. The van der Waals surface area contributed by atoms with E-state index in [-0.39, 0.29) is 13.0 Å². The number of hydrogen-bond acceptors (Lipinski definition) is 3. The fourth-order valence-electron chi connectivity index (χ4n) is 1.50. The lowest BCUT2D eigenvalue weighted by atomic mass is 9.97. The highest BCUT2D eigenvalue weighted by molar-refractivity contribution is 5.71. The molecule has 1 rings (SSSR count). The molecule has 15 heavy (non-hydrogen) atoms. The minimum Gasteiger partial charge on any atom is -0.481 e. The average Bonchev–Trinajstić information content (AvgIpc) is 2.16. The Morgan fingerprint density at radius 1 is 1.53 bits per heavy atom. The monoisotopic (exact) mass is 205 g/mol. The van der Waals surface area contributed by atoms with Gasteiger partial charge in [0.1, 0.15) is 0 Å². The Labute approximate surface area is 87.4 Å². The molecule has 0 unspecified atom stereocenters. The standard InChI is InChI=1S/C11H11NO3/c1-7-2-8(5-12)3-9(4-11(14)15)10(7)6-13/h2-3,13H,4,6H2,1H3,(H,14,15). The first-order chi connectivity index (χ1) is 7.08. The van der Waals surface area contributed by atoms with Crippen LogP contribution in [-0.4, -0.2) is 16.2 Å². The Bertz CT molecular complexity index is 432. The van der Waals surface area contributed by atoms with E-state index < -0.39 is 5.97 Å². The molecule has 0 radical (unpaired) electrons. The van der Waals surface area contributed by atoms with Gasteiger partial charge in [0, 0.05) is 0 Å². The van der Waals surface area contributed by atoms with E-state index in [0.29, 0.717) is 16.7 Å². The number of rotatable bonds is 3. The Hall–Kier alpha value is -1.86. The van der Waals surface area contributed by atoms with Crippen LogP contribution in [0.1, 0.15) is 22.3 Å². The summed E-state index contributed by atoms with van der Waals surface area (Å²) in [6, 6.07) is 5.10. The van der Waals surface area contributed by atoms with Crippen molar-refractivity contribution >= 4 is 5.97 Å². The molecule has 1 aromatic carbocycles. The highest BCUT2D eigenvalue weighted by Gasteiger charge is 2.10. The second-order valence-corrected chi connectivity index (χ2v) is 3.27. The number of hydrogen-bond donors (Lipinski definition) is 2. The minimum atomic E-state index is -0.973. The number of nitriles is 1. The Morgan fingerprint density at radius 3 is 2.67 bits per heavy atom. The minimum absolute atomic E-state index is 0.174. The van der Waals surface area contributed by atoms with Gasteiger partial charge in [0.2, 0.25) is 0 Å². The maximum absolute atomic E-state index is 10.6. The molecule has 2 N–H and O–H groups in total. The van der Waals surface area contributed by atoms with Crippen molar-refractivity contribution in [3.8, 4) is 6.07 Å². The van der Waals surface area contributed by atoms with Crippen molar-refractivity contribution in [1.29, 1.82) is 5.26 Å². The summed E-state index contributed by atoms with van der Waals surface area (Å²) < 4.78 is 0. The summed E-state index contributed by atoms with van der Waals surface area (Å²) in [6.45, 7) is 1.54. The van der Waals surface area contributed by atoms with Crippen LogP contribution in [-0.2, 0) is 17.8 Å². The molecule has 0 fully saturated rings. The van der Waals surface area contributed by atoms with Crippen LogP contribution in [0.4, 0.5) is 0 Å². The average molecular weight is 205 g/mol. The molecule has 4 nitrogen and oxygen atoms in total. The number of aliphatic hydroxyl groups excluding tert-OH is 1. The quantitative estimate of drug-likeness (QED) is 0.770. The highest BCUT2D eigenvalue weighted by Crippen LogP contribution is 2.17. The van der Waals surface area contributed by atoms with Crippen LogP contribution < -0.4 is 0 Å². The Kier molecular flexibility index (Phi) is 3.42. The fraction of sp³-hybridized carbons (Fsp3) is 0.273. The molecule has 0 atom stereocenters. The summed E-state index contributed by atoms with van der Waals surface area (Å²) in [7, 11) is 0. The summed E-state index contributed by atoms with van der Waals surface area (Å²) >= 11 is 0. The van der Waals surface area contributed by atoms with E-state index in [1.165, 1.54) is 6.07 Å². The van der Waals surface area contributed by atoms with Crippen LogP contribution in [0.3, 0.4) is 0 Å². The first kappa shape index (κ1) is 11.2. The van der Waals surface area contributed by atoms with Crippen molar-refractivity contribution in [2.24, 2.45) is 0 Å². The third-order valence-electron chi connectivity index (χ3n) is 2.19. The summed E-state index contributed by atoms with van der Waals surface area (Å²) in [4.78, 5) is 10.6. The number of carboxylic acids is 1. The van der Waals surface area contributed by atoms with Crippen LogP contribution in [0, 0.1) is 18.3 Å². The van der Waals surface area contributed by atoms with Crippen LogP contribution in [0.15, 0.2) is 12.1 Å². The number of aliphatic carboxylic acids is 1. The van der Waals surface area contributed by atoms with E-state index >= 15 is 0 Å². The maximum Gasteiger partial charge on any atom is 0.307 e. The maximum atomic E-state index is 10.6. The summed E-state index contributed by atoms with van der Waals surface area (Å²) in [5, 5.41) is 26.5. The molecule has 0 spiro atoms. The van der Waals surface area contributed by atoms with E-state index in [1.54, 1.807) is 13.0 Å². The van der Waals surface area contributed by atoms with Gasteiger partial charge < -0.3 is 10.2 Å². The van der Waals surface area contributed by atoms with Gasteiger partial charge >= 0.3 is 5.97 Å². The van der Waals surface area contributed by atoms with E-state index in [9.17, 15) is 4.79 Å². The molecule has 0 bridgehead atoms. The molecule has 1 aromatic rings. The van der Waals surface area contributed by atoms with Gasteiger partial charge in [-0.15, -0.1) is 0 Å². The zero-order chi connectivity index (χ0) is 11.4. The topological polar surface area (TPSA) is 81.3 Å². The molecule has 0 aliphatic rings. The molecule has 0 saturated heterocycles. The van der Waals surface area contributed by atoms with Crippen LogP contribution >= 0.6 is 0 Å². The SMILES string of the molecule is Cc1cc(C#N)cc(CC(=O)O)c1CO. The molecule has 4 heteroatoms. The Morgan fingerprint density at radius 2 is 2.20 bits per heavy atom. The second kappa shape index (κ2) is 4.58. The van der Waals surface area contributed by atoms with Gasteiger partial charge in [-0.2, -0.15) is 5.26 Å². The summed E-state index contributed by atoms with van der Waals surface area (Å²) in [6.07, 6.45) is -0.174. The van der Waals surface area contributed by atoms with Gasteiger partial charge in [-0.25, -0.2) is 0 Å². The molecule has 0 aliphatic heterocycles. The van der Waals surface area contributed by atoms with Crippen molar-refractivity contribution < 1.29 is 15.0 Å². The molecule has 0 amide bonds. The van der Waals surface area contributed by atoms with Gasteiger partial charge in [-0.05, 0) is 35.7 Å². The van der Waals surface area contributed by atoms with Gasteiger partial charge in [-0.3, -0.25) is 4.79 Å². The molecular weight excluding hydrogens is 194 g/mol. The van der Waals surface area contributed by atoms with Crippen LogP contribution in [0.25, 0.3) is 0 Å². The first-order valence-corrected chi connectivity index (χ1v) is 4.43. The predicted molar refractivity (Wildman–Crippen MR) is 53.2 cm³/mol. The highest BCUT2D eigenvalue weighted by atomic mass is 16.4. The Balaban J connectivity index is 3.27. The summed E-state index contributed by atoms with van der Waals surface area (Å²) in [5.74, 6) is -0.973. The fourth-order valence-corrected chi connectivity index (χ4v) is 1.50. The first-order valence-electron chi connectivity index (χ1n) is 4.43. The number of carboxylic acid groups (broad SMARTS) is 1. The number of nitrogens with zero attached hydrogens (tertiary/aromatic N) is 1. The van der Waals surface area contributed by atoms with Gasteiger partial charge in [0.25, 0.3) is 0 Å². The van der Waals surface area contributed by atoms with Crippen molar-refractivity contribution in [3.05, 3.63) is 34.4 Å². The van der Waals surface area contributed by atoms with Crippen molar-refractivity contribution in [2.75, 3.05) is 0 Å². The smallest absolute Gasteiger partial charge is 0.307 e. The van der Waals surface area contributed by atoms with E-state index in [4.69, 9.17) is 15.5 Å². The number of carbonyl (C=O) groups is 1. The van der Waals surface area contributed by atoms with E-state index in [1.807, 2.05) is 6.07 Å². The van der Waals surface area contributed by atoms with E-state index in [2.05, 4.69) is 0 Å². The van der Waals surface area contributed by atoms with Crippen molar-refractivity contribution in [3.63, 3.8) is 0 Å². The summed E-state index contributed by atoms with van der Waals surface area (Å²) in [5.41, 5.74) is 2.26. The number of benzene rings is 1. The van der Waals surface area contributed by atoms with Gasteiger partial charge in [-0.1, -0.05) is 0 Å². The number of aliphatic hydroxyl groups is 1. The predicted octanol–water partition coefficient (Wildman–Crippen LogP) is 0.986. The molecular formula is C11H11NO3. The zero-order valence-electron chi connectivity index (χ0n) is 8.32.